The molecule has 0 unspecified atom stereocenters. The predicted octanol–water partition coefficient (Wildman–Crippen LogP) is 1.54. The standard InChI is InChI=1S/C15H29N3O2/c1-17(2)14(19)18-9-4-13(5-10-18)16-12-15(6-7-15)8-11-20-3/h13,16H,4-12H2,1-3H3. The lowest BCUT2D eigenvalue weighted by atomic mass is 10.00. The van der Waals surface area contributed by atoms with Gasteiger partial charge in [-0.25, -0.2) is 4.79 Å². The zero-order valence-corrected chi connectivity index (χ0v) is 13.2. The van der Waals surface area contributed by atoms with E-state index in [1.807, 2.05) is 19.0 Å². The van der Waals surface area contributed by atoms with Crippen LogP contribution in [0.5, 0.6) is 0 Å². The molecule has 0 aromatic rings. The van der Waals surface area contributed by atoms with E-state index in [0.717, 1.165) is 39.1 Å². The molecule has 1 saturated heterocycles. The SMILES string of the molecule is COCCC1(CNC2CCN(C(=O)N(C)C)CC2)CC1. The molecule has 0 radical (unpaired) electrons. The Labute approximate surface area is 122 Å². The topological polar surface area (TPSA) is 44.8 Å². The average Bonchev–Trinajstić information content (AvgIpc) is 3.23. The molecule has 1 aliphatic heterocycles. The zero-order valence-electron chi connectivity index (χ0n) is 13.2. The van der Waals surface area contributed by atoms with Crippen LogP contribution in [0, 0.1) is 5.41 Å². The monoisotopic (exact) mass is 283 g/mol. The molecule has 20 heavy (non-hydrogen) atoms. The average molecular weight is 283 g/mol. The van der Waals surface area contributed by atoms with Gasteiger partial charge in [0.25, 0.3) is 0 Å². The molecule has 5 nitrogen and oxygen atoms in total. The number of carbonyl (C=O) groups excluding carboxylic acids is 1. The number of hydrogen-bond donors (Lipinski definition) is 1. The van der Waals surface area contributed by atoms with Gasteiger partial charge in [0, 0.05) is 53.5 Å². The van der Waals surface area contributed by atoms with E-state index in [1.54, 1.807) is 12.0 Å². The molecule has 0 atom stereocenters. The maximum atomic E-state index is 11.9. The number of carbonyl (C=O) groups is 1. The van der Waals surface area contributed by atoms with Crippen molar-refractivity contribution in [2.75, 3.05) is 47.4 Å². The molecule has 1 aliphatic carbocycles. The minimum absolute atomic E-state index is 0.141. The van der Waals surface area contributed by atoms with Crippen molar-refractivity contribution < 1.29 is 9.53 Å². The van der Waals surface area contributed by atoms with Gasteiger partial charge in [-0.15, -0.1) is 0 Å². The van der Waals surface area contributed by atoms with Crippen LogP contribution in [0.25, 0.3) is 0 Å². The Morgan fingerprint density at radius 3 is 2.50 bits per heavy atom. The summed E-state index contributed by atoms with van der Waals surface area (Å²) in [7, 11) is 5.42. The normalized spacial score (nSPS) is 21.9. The van der Waals surface area contributed by atoms with Crippen LogP contribution in [0.2, 0.25) is 0 Å². The third-order valence-electron chi connectivity index (χ3n) is 4.71. The van der Waals surface area contributed by atoms with E-state index in [0.29, 0.717) is 11.5 Å². The lowest BCUT2D eigenvalue weighted by molar-refractivity contribution is 0.148. The van der Waals surface area contributed by atoms with E-state index in [2.05, 4.69) is 5.32 Å². The van der Waals surface area contributed by atoms with Crippen LogP contribution in [0.1, 0.15) is 32.1 Å². The van der Waals surface area contributed by atoms with Crippen LogP contribution in [-0.2, 0) is 4.74 Å². The number of urea groups is 1. The summed E-state index contributed by atoms with van der Waals surface area (Å²) in [6, 6.07) is 0.712. The summed E-state index contributed by atoms with van der Waals surface area (Å²) in [6.45, 7) is 3.74. The molecular formula is C15H29N3O2. The first-order chi connectivity index (χ1) is 9.56. The highest BCUT2D eigenvalue weighted by atomic mass is 16.5. The Balaban J connectivity index is 1.66. The van der Waals surface area contributed by atoms with Crippen molar-refractivity contribution in [3.8, 4) is 0 Å². The molecule has 0 bridgehead atoms. The summed E-state index contributed by atoms with van der Waals surface area (Å²) in [5, 5.41) is 3.71. The van der Waals surface area contributed by atoms with E-state index in [4.69, 9.17) is 4.74 Å². The van der Waals surface area contributed by atoms with E-state index in [-0.39, 0.29) is 6.03 Å². The van der Waals surface area contributed by atoms with Crippen molar-refractivity contribution in [3.05, 3.63) is 0 Å². The predicted molar refractivity (Wildman–Crippen MR) is 79.8 cm³/mol. The molecule has 2 rings (SSSR count). The number of nitrogens with one attached hydrogen (secondary N) is 1. The molecule has 5 heteroatoms. The van der Waals surface area contributed by atoms with Crippen molar-refractivity contribution in [2.24, 2.45) is 5.41 Å². The highest BCUT2D eigenvalue weighted by Crippen LogP contribution is 2.48. The molecule has 0 aromatic heterocycles. The number of ether oxygens (including phenoxy) is 1. The molecule has 1 N–H and O–H groups in total. The zero-order chi connectivity index (χ0) is 14.6. The lowest BCUT2D eigenvalue weighted by Gasteiger charge is -2.34. The summed E-state index contributed by atoms with van der Waals surface area (Å²) in [6.07, 6.45) is 5.98. The summed E-state index contributed by atoms with van der Waals surface area (Å²) >= 11 is 0. The number of nitrogens with zero attached hydrogens (tertiary/aromatic N) is 2. The van der Waals surface area contributed by atoms with E-state index < -0.39 is 0 Å². The first kappa shape index (κ1) is 15.6. The van der Waals surface area contributed by atoms with Gasteiger partial charge in [-0.2, -0.15) is 0 Å². The molecule has 2 aliphatic rings. The minimum Gasteiger partial charge on any atom is -0.385 e. The number of methoxy groups -OCH3 is 1. The molecule has 2 amide bonds. The third-order valence-corrected chi connectivity index (χ3v) is 4.71. The van der Waals surface area contributed by atoms with Gasteiger partial charge in [0.2, 0.25) is 0 Å². The smallest absolute Gasteiger partial charge is 0.319 e. The van der Waals surface area contributed by atoms with Gasteiger partial charge in [-0.3, -0.25) is 0 Å². The molecule has 0 aromatic carbocycles. The van der Waals surface area contributed by atoms with Crippen LogP contribution in [0.4, 0.5) is 4.79 Å². The Kier molecular flexibility index (Phi) is 5.27. The van der Waals surface area contributed by atoms with Crippen molar-refractivity contribution in [2.45, 2.75) is 38.1 Å². The van der Waals surface area contributed by atoms with Gasteiger partial charge in [-0.1, -0.05) is 0 Å². The quantitative estimate of drug-likeness (QED) is 0.804. The van der Waals surface area contributed by atoms with E-state index in [9.17, 15) is 4.79 Å². The Morgan fingerprint density at radius 2 is 2.00 bits per heavy atom. The molecule has 0 spiro atoms. The fourth-order valence-corrected chi connectivity index (χ4v) is 2.93. The van der Waals surface area contributed by atoms with Crippen molar-refractivity contribution >= 4 is 6.03 Å². The Hall–Kier alpha value is -0.810. The highest BCUT2D eigenvalue weighted by Gasteiger charge is 2.42. The van der Waals surface area contributed by atoms with Gasteiger partial charge in [0.15, 0.2) is 0 Å². The van der Waals surface area contributed by atoms with Gasteiger partial charge < -0.3 is 19.9 Å². The molecule has 116 valence electrons. The Morgan fingerprint density at radius 1 is 1.35 bits per heavy atom. The molecule has 1 heterocycles. The Bertz CT molecular complexity index is 321. The number of likely N-dealkylation sites (tertiary alicyclic amines) is 1. The number of piperidine rings is 1. The van der Waals surface area contributed by atoms with E-state index in [1.165, 1.54) is 19.3 Å². The van der Waals surface area contributed by atoms with Crippen molar-refractivity contribution in [1.82, 2.24) is 15.1 Å². The third kappa shape index (κ3) is 4.09. The van der Waals surface area contributed by atoms with Crippen LogP contribution < -0.4 is 5.32 Å². The maximum Gasteiger partial charge on any atom is 0.319 e. The maximum absolute atomic E-state index is 11.9. The second-order valence-electron chi connectivity index (χ2n) is 6.56. The summed E-state index contributed by atoms with van der Waals surface area (Å²) < 4.78 is 5.20. The molecule has 1 saturated carbocycles. The fraction of sp³-hybridized carbons (Fsp3) is 0.933. The minimum atomic E-state index is 0.141. The number of hydrogen-bond acceptors (Lipinski definition) is 3. The van der Waals surface area contributed by atoms with Gasteiger partial charge in [0.05, 0.1) is 0 Å². The van der Waals surface area contributed by atoms with Crippen molar-refractivity contribution in [3.63, 3.8) is 0 Å². The first-order valence-corrected chi connectivity index (χ1v) is 7.75. The largest absolute Gasteiger partial charge is 0.385 e. The van der Waals surface area contributed by atoms with Gasteiger partial charge in [-0.05, 0) is 37.5 Å². The molecule has 2 fully saturated rings. The first-order valence-electron chi connectivity index (χ1n) is 7.75. The fourth-order valence-electron chi connectivity index (χ4n) is 2.93. The van der Waals surface area contributed by atoms with Crippen molar-refractivity contribution in [1.29, 1.82) is 0 Å². The lowest BCUT2D eigenvalue weighted by Crippen LogP contribution is -2.48. The van der Waals surface area contributed by atoms with Crippen LogP contribution >= 0.6 is 0 Å². The van der Waals surface area contributed by atoms with Gasteiger partial charge >= 0.3 is 6.03 Å². The van der Waals surface area contributed by atoms with Crippen LogP contribution in [0.15, 0.2) is 0 Å². The second kappa shape index (κ2) is 6.76. The second-order valence-corrected chi connectivity index (χ2v) is 6.56. The summed E-state index contributed by atoms with van der Waals surface area (Å²) in [4.78, 5) is 15.5. The number of amides is 2. The van der Waals surface area contributed by atoms with Crippen LogP contribution in [0.3, 0.4) is 0 Å². The summed E-state index contributed by atoms with van der Waals surface area (Å²) in [5.41, 5.74) is 0.507. The van der Waals surface area contributed by atoms with Crippen LogP contribution in [-0.4, -0.2) is 69.3 Å². The highest BCUT2D eigenvalue weighted by molar-refractivity contribution is 5.73. The molecular weight excluding hydrogens is 254 g/mol. The summed E-state index contributed by atoms with van der Waals surface area (Å²) in [5.74, 6) is 0. The van der Waals surface area contributed by atoms with Gasteiger partial charge in [0.1, 0.15) is 0 Å². The number of rotatable bonds is 6. The van der Waals surface area contributed by atoms with E-state index >= 15 is 0 Å².